The van der Waals surface area contributed by atoms with Gasteiger partial charge in [0.2, 0.25) is 5.76 Å². The number of nitriles is 1. The van der Waals surface area contributed by atoms with Crippen LogP contribution in [-0.4, -0.2) is 11.0 Å². The second-order valence-corrected chi connectivity index (χ2v) is 15.7. The van der Waals surface area contributed by atoms with E-state index >= 15 is 0 Å². The van der Waals surface area contributed by atoms with Crippen molar-refractivity contribution in [2.45, 2.75) is 38.5 Å². The molecule has 0 atom stereocenters. The van der Waals surface area contributed by atoms with Crippen LogP contribution in [0.4, 0.5) is 0 Å². The highest BCUT2D eigenvalue weighted by molar-refractivity contribution is 7.24. The summed E-state index contributed by atoms with van der Waals surface area (Å²) in [5, 5.41) is 10.7. The first-order valence-corrected chi connectivity index (χ1v) is 18.5. The molecule has 6 heteroatoms. The summed E-state index contributed by atoms with van der Waals surface area (Å²) in [6, 6.07) is 41.9. The van der Waals surface area contributed by atoms with E-state index in [0.717, 1.165) is 29.0 Å². The monoisotopic (exact) mass is 684 g/mol. The van der Waals surface area contributed by atoms with Gasteiger partial charge in [-0.2, -0.15) is 5.26 Å². The largest absolute Gasteiger partial charge is 0.417 e. The van der Waals surface area contributed by atoms with Crippen LogP contribution in [0.15, 0.2) is 115 Å². The highest BCUT2D eigenvalue weighted by atomic mass is 32.1. The molecule has 242 valence electrons. The molecule has 0 unspecified atom stereocenters. The molecule has 2 aliphatic rings. The molecule has 0 N–H and O–H groups in total. The van der Waals surface area contributed by atoms with Gasteiger partial charge in [-0.15, -0.1) is 22.7 Å². The van der Waals surface area contributed by atoms with Crippen molar-refractivity contribution in [2.24, 2.45) is 0 Å². The summed E-state index contributed by atoms with van der Waals surface area (Å²) in [5.74, 6) is -0.0148. The highest BCUT2D eigenvalue weighted by Crippen LogP contribution is 2.51. The summed E-state index contributed by atoms with van der Waals surface area (Å²) < 4.78 is 7.31. The number of hydrogen-bond acceptors (Lipinski definition) is 5. The van der Waals surface area contributed by atoms with E-state index < -0.39 is 0 Å². The van der Waals surface area contributed by atoms with Crippen LogP contribution in [-0.2, 0) is 27.8 Å². The number of aromatic nitrogens is 1. The molecule has 0 saturated carbocycles. The molecule has 4 nitrogen and oxygen atoms in total. The Morgan fingerprint density at radius 2 is 1.50 bits per heavy atom. The van der Waals surface area contributed by atoms with Gasteiger partial charge in [0.25, 0.3) is 6.47 Å². The third-order valence-electron chi connectivity index (χ3n) is 10.4. The number of aryl methyl sites for hydroxylation is 2. The lowest BCUT2D eigenvalue weighted by Crippen LogP contribution is -2.15. The van der Waals surface area contributed by atoms with Crippen molar-refractivity contribution in [1.82, 2.24) is 4.57 Å². The van der Waals surface area contributed by atoms with Crippen LogP contribution in [0.5, 0.6) is 0 Å². The zero-order chi connectivity index (χ0) is 34.0. The van der Waals surface area contributed by atoms with E-state index in [-0.39, 0.29) is 17.6 Å². The van der Waals surface area contributed by atoms with Crippen molar-refractivity contribution in [2.75, 3.05) is 0 Å². The average Bonchev–Trinajstić information content (AvgIpc) is 3.94. The molecule has 0 bridgehead atoms. The number of rotatable bonds is 7. The third kappa shape index (κ3) is 4.73. The molecule has 0 spiro atoms. The normalized spacial score (nSPS) is 14.3. The number of carbonyl (C=O) groups is 1. The molecular weight excluding hydrogens is 653 g/mol. The van der Waals surface area contributed by atoms with E-state index in [2.05, 4.69) is 122 Å². The first-order chi connectivity index (χ1) is 24.5. The van der Waals surface area contributed by atoms with E-state index in [1.807, 2.05) is 12.1 Å². The summed E-state index contributed by atoms with van der Waals surface area (Å²) in [7, 11) is 0. The zero-order valence-electron chi connectivity index (χ0n) is 27.7. The minimum Gasteiger partial charge on any atom is -0.417 e. The number of ether oxygens (including phenoxy) is 1. The summed E-state index contributed by atoms with van der Waals surface area (Å²) in [6.45, 7) is 4.99. The Bertz CT molecular complexity index is 2560. The van der Waals surface area contributed by atoms with E-state index in [0.29, 0.717) is 0 Å². The molecule has 4 aromatic carbocycles. The summed E-state index contributed by atoms with van der Waals surface area (Å²) in [5.41, 5.74) is 14.6. The average molecular weight is 685 g/mol. The summed E-state index contributed by atoms with van der Waals surface area (Å²) in [6.07, 6.45) is 4.80. The maximum absolute atomic E-state index is 10.7. The molecular formula is C44H32N2O2S2. The van der Waals surface area contributed by atoms with E-state index in [1.54, 1.807) is 28.7 Å². The van der Waals surface area contributed by atoms with Gasteiger partial charge in [-0.3, -0.25) is 4.79 Å². The van der Waals surface area contributed by atoms with Crippen molar-refractivity contribution < 1.29 is 9.53 Å². The number of thiophene rings is 2. The summed E-state index contributed by atoms with van der Waals surface area (Å²) in [4.78, 5) is 15.2. The van der Waals surface area contributed by atoms with Gasteiger partial charge < -0.3 is 9.30 Å². The molecule has 0 amide bonds. The fourth-order valence-corrected chi connectivity index (χ4v) is 10.2. The third-order valence-corrected chi connectivity index (χ3v) is 12.7. The van der Waals surface area contributed by atoms with Crippen LogP contribution in [0.1, 0.15) is 47.4 Å². The number of allylic oxidation sites excluding steroid dienone is 1. The Balaban J connectivity index is 1.19. The van der Waals surface area contributed by atoms with Gasteiger partial charge in [0, 0.05) is 42.1 Å². The van der Waals surface area contributed by atoms with Crippen molar-refractivity contribution in [1.29, 1.82) is 5.26 Å². The standard InChI is InChI=1S/C44H32N2O2S2/c1-44(2)36-14-7-6-11-31(36)32-17-15-28(23-37(32)44)46-38-19-18-33(34-12-8-13-35(42(34)38)43(46)27-9-4-3-5-10-27)39-21-22-41(50-39)40-20-16-30(49-40)24-29(25-45)48-26-47/h3-7,9-11,14-24,26H,8,12-13H2,1-2H3. The lowest BCUT2D eigenvalue weighted by molar-refractivity contribution is -0.124. The Kier molecular flexibility index (Phi) is 7.24. The highest BCUT2D eigenvalue weighted by Gasteiger charge is 2.36. The maximum atomic E-state index is 10.7. The van der Waals surface area contributed by atoms with Gasteiger partial charge in [-0.25, -0.2) is 0 Å². The van der Waals surface area contributed by atoms with Crippen molar-refractivity contribution in [3.05, 3.63) is 142 Å². The number of carbonyl (C=O) groups excluding carboxylic acids is 1. The Hall–Kier alpha value is -5.48. The van der Waals surface area contributed by atoms with Crippen molar-refractivity contribution in [3.8, 4) is 54.3 Å². The van der Waals surface area contributed by atoms with Gasteiger partial charge >= 0.3 is 0 Å². The first-order valence-electron chi connectivity index (χ1n) is 16.9. The van der Waals surface area contributed by atoms with Crippen molar-refractivity contribution >= 4 is 46.1 Å². The molecule has 0 fully saturated rings. The number of benzene rings is 4. The number of fused-ring (bicyclic) bond motifs is 3. The smallest absolute Gasteiger partial charge is 0.299 e. The number of hydrogen-bond donors (Lipinski definition) is 0. The minimum atomic E-state index is -0.0787. The van der Waals surface area contributed by atoms with Crippen LogP contribution in [0.25, 0.3) is 65.2 Å². The molecule has 7 aromatic rings. The van der Waals surface area contributed by atoms with E-state index in [1.165, 1.54) is 76.5 Å². The summed E-state index contributed by atoms with van der Waals surface area (Å²) >= 11 is 3.38. The predicted molar refractivity (Wildman–Crippen MR) is 206 cm³/mol. The maximum Gasteiger partial charge on any atom is 0.299 e. The Morgan fingerprint density at radius 3 is 2.34 bits per heavy atom. The SMILES string of the molecule is CC1(C)c2ccccc2-c2ccc(-n3c(-c4ccccc4)c4c5c(c(-c6ccc(-c7ccc(C=C(C#N)OC=O)s7)s6)ccc53)CCC4)cc21. The fraction of sp³-hybridized carbons (Fsp3) is 0.136. The van der Waals surface area contributed by atoms with Crippen LogP contribution in [0.2, 0.25) is 0 Å². The Morgan fingerprint density at radius 1 is 0.780 bits per heavy atom. The lowest BCUT2D eigenvalue weighted by atomic mass is 9.82. The molecule has 3 aromatic heterocycles. The molecule has 50 heavy (non-hydrogen) atoms. The van der Waals surface area contributed by atoms with Crippen LogP contribution >= 0.6 is 22.7 Å². The first kappa shape index (κ1) is 30.6. The van der Waals surface area contributed by atoms with E-state index in [4.69, 9.17) is 4.74 Å². The van der Waals surface area contributed by atoms with Crippen LogP contribution < -0.4 is 0 Å². The quantitative estimate of drug-likeness (QED) is 0.0954. The van der Waals surface area contributed by atoms with Gasteiger partial charge in [0.15, 0.2) is 0 Å². The fourth-order valence-electron chi connectivity index (χ4n) is 8.16. The van der Waals surface area contributed by atoms with Gasteiger partial charge in [0.1, 0.15) is 6.07 Å². The van der Waals surface area contributed by atoms with Crippen molar-refractivity contribution in [3.63, 3.8) is 0 Å². The van der Waals surface area contributed by atoms with Gasteiger partial charge in [-0.05, 0) is 106 Å². The molecule has 9 rings (SSSR count). The second kappa shape index (κ2) is 11.8. The molecule has 2 aliphatic carbocycles. The molecule has 3 heterocycles. The second-order valence-electron chi connectivity index (χ2n) is 13.5. The van der Waals surface area contributed by atoms with Gasteiger partial charge in [-0.1, -0.05) is 80.6 Å². The predicted octanol–water partition coefficient (Wildman–Crippen LogP) is 11.6. The Labute approximate surface area is 299 Å². The topological polar surface area (TPSA) is 55.0 Å². The lowest BCUT2D eigenvalue weighted by Gasteiger charge is -2.22. The minimum absolute atomic E-state index is 0.0148. The van der Waals surface area contributed by atoms with Gasteiger partial charge in [0.05, 0.1) is 11.2 Å². The molecule has 0 aliphatic heterocycles. The number of nitrogens with zero attached hydrogens (tertiary/aromatic N) is 2. The molecule has 0 saturated heterocycles. The van der Waals surface area contributed by atoms with E-state index in [9.17, 15) is 10.1 Å². The van der Waals surface area contributed by atoms with Crippen LogP contribution in [0.3, 0.4) is 0 Å². The zero-order valence-corrected chi connectivity index (χ0v) is 29.3. The van der Waals surface area contributed by atoms with Crippen LogP contribution in [0, 0.1) is 11.3 Å². The molecule has 0 radical (unpaired) electrons.